The van der Waals surface area contributed by atoms with Crippen molar-refractivity contribution in [2.24, 2.45) is 4.99 Å². The van der Waals surface area contributed by atoms with Gasteiger partial charge in [-0.15, -0.1) is 0 Å². The molecular weight excluding hydrogens is 290 g/mol. The zero-order valence-corrected chi connectivity index (χ0v) is 15.1. The second kappa shape index (κ2) is 5.04. The Kier molecular flexibility index (Phi) is 3.18. The Hall–Kier alpha value is -2.41. The summed E-state index contributed by atoms with van der Waals surface area (Å²) in [6.07, 6.45) is 0. The molecular formula is C23H23N. The molecule has 0 radical (unpaired) electrons. The van der Waals surface area contributed by atoms with E-state index in [4.69, 9.17) is 4.99 Å². The Bertz CT molecular complexity index is 980. The van der Waals surface area contributed by atoms with E-state index in [0.717, 1.165) is 11.4 Å². The molecule has 1 aliphatic heterocycles. The molecule has 1 nitrogen and oxygen atoms in total. The van der Waals surface area contributed by atoms with Crippen LogP contribution in [0.4, 0.5) is 5.69 Å². The summed E-state index contributed by atoms with van der Waals surface area (Å²) in [5.41, 5.74) is 8.75. The van der Waals surface area contributed by atoms with Crippen molar-refractivity contribution >= 4 is 22.2 Å². The summed E-state index contributed by atoms with van der Waals surface area (Å²) < 4.78 is 0. The van der Waals surface area contributed by atoms with E-state index in [0.29, 0.717) is 0 Å². The number of nitrogens with zero attached hydrogens (tertiary/aromatic N) is 1. The van der Waals surface area contributed by atoms with Crippen molar-refractivity contribution in [3.8, 4) is 0 Å². The van der Waals surface area contributed by atoms with Crippen molar-refractivity contribution in [2.75, 3.05) is 0 Å². The summed E-state index contributed by atoms with van der Waals surface area (Å²) in [5.74, 6) is 0. The van der Waals surface area contributed by atoms with Gasteiger partial charge in [-0.3, -0.25) is 0 Å². The topological polar surface area (TPSA) is 12.4 Å². The summed E-state index contributed by atoms with van der Waals surface area (Å²) in [6.45, 7) is 11.1. The van der Waals surface area contributed by atoms with E-state index in [1.807, 2.05) is 0 Å². The van der Waals surface area contributed by atoms with E-state index in [-0.39, 0.29) is 5.41 Å². The first-order valence-electron chi connectivity index (χ1n) is 8.58. The molecule has 0 amide bonds. The molecule has 1 heteroatoms. The SMILES string of the molecule is Cc1cc(C)cc(C2=Nc3cccc4cc(C(C)(C)C)cc2c34)c1. The Morgan fingerprint density at radius 3 is 2.21 bits per heavy atom. The predicted octanol–water partition coefficient (Wildman–Crippen LogP) is 6.24. The average molecular weight is 313 g/mol. The third-order valence-electron chi connectivity index (χ3n) is 4.80. The fraction of sp³-hybridized carbons (Fsp3) is 0.261. The van der Waals surface area contributed by atoms with Gasteiger partial charge in [0.25, 0.3) is 0 Å². The molecule has 0 spiro atoms. The number of hydrogen-bond donors (Lipinski definition) is 0. The Morgan fingerprint density at radius 2 is 1.54 bits per heavy atom. The Balaban J connectivity index is 2.01. The van der Waals surface area contributed by atoms with Gasteiger partial charge in [-0.25, -0.2) is 4.99 Å². The van der Waals surface area contributed by atoms with E-state index >= 15 is 0 Å². The minimum Gasteiger partial charge on any atom is -0.247 e. The molecule has 0 aromatic heterocycles. The molecule has 1 heterocycles. The van der Waals surface area contributed by atoms with Gasteiger partial charge in [-0.1, -0.05) is 56.2 Å². The van der Waals surface area contributed by atoms with Crippen molar-refractivity contribution in [1.29, 1.82) is 0 Å². The molecule has 0 atom stereocenters. The molecule has 0 saturated heterocycles. The maximum absolute atomic E-state index is 4.99. The summed E-state index contributed by atoms with van der Waals surface area (Å²) >= 11 is 0. The molecule has 0 aliphatic carbocycles. The lowest BCUT2D eigenvalue weighted by Gasteiger charge is -2.21. The molecule has 4 rings (SSSR count). The van der Waals surface area contributed by atoms with Gasteiger partial charge in [0, 0.05) is 16.5 Å². The van der Waals surface area contributed by atoms with Crippen LogP contribution in [-0.4, -0.2) is 5.71 Å². The van der Waals surface area contributed by atoms with E-state index in [1.54, 1.807) is 0 Å². The first kappa shape index (κ1) is 15.1. The summed E-state index contributed by atoms with van der Waals surface area (Å²) in [5, 5.41) is 2.58. The monoisotopic (exact) mass is 313 g/mol. The van der Waals surface area contributed by atoms with Crippen molar-refractivity contribution in [3.63, 3.8) is 0 Å². The molecule has 0 N–H and O–H groups in total. The fourth-order valence-corrected chi connectivity index (χ4v) is 3.63. The van der Waals surface area contributed by atoms with E-state index in [9.17, 15) is 0 Å². The molecule has 0 saturated carbocycles. The van der Waals surface area contributed by atoms with Crippen molar-refractivity contribution in [1.82, 2.24) is 0 Å². The first-order valence-corrected chi connectivity index (χ1v) is 8.58. The molecule has 120 valence electrons. The summed E-state index contributed by atoms with van der Waals surface area (Å²) in [7, 11) is 0. The number of aliphatic imine (C=N–C) groups is 1. The quantitative estimate of drug-likeness (QED) is 0.394. The number of hydrogen-bond acceptors (Lipinski definition) is 1. The highest BCUT2D eigenvalue weighted by Gasteiger charge is 2.24. The van der Waals surface area contributed by atoms with E-state index in [1.165, 1.54) is 38.6 Å². The Morgan fingerprint density at radius 1 is 0.833 bits per heavy atom. The lowest BCUT2D eigenvalue weighted by molar-refractivity contribution is 0.591. The van der Waals surface area contributed by atoms with Gasteiger partial charge in [-0.05, 0) is 54.5 Å². The zero-order valence-electron chi connectivity index (χ0n) is 15.1. The highest BCUT2D eigenvalue weighted by molar-refractivity contribution is 6.26. The molecule has 0 bridgehead atoms. The van der Waals surface area contributed by atoms with Crippen molar-refractivity contribution in [3.05, 3.63) is 76.3 Å². The van der Waals surface area contributed by atoms with Gasteiger partial charge in [0.1, 0.15) is 0 Å². The van der Waals surface area contributed by atoms with Gasteiger partial charge in [0.15, 0.2) is 0 Å². The van der Waals surface area contributed by atoms with Crippen molar-refractivity contribution < 1.29 is 0 Å². The van der Waals surface area contributed by atoms with Crippen LogP contribution in [0, 0.1) is 13.8 Å². The van der Waals surface area contributed by atoms with E-state index in [2.05, 4.69) is 83.1 Å². The molecule has 0 fully saturated rings. The predicted molar refractivity (Wildman–Crippen MR) is 104 cm³/mol. The van der Waals surface area contributed by atoms with Crippen LogP contribution in [0.5, 0.6) is 0 Å². The van der Waals surface area contributed by atoms with Gasteiger partial charge >= 0.3 is 0 Å². The van der Waals surface area contributed by atoms with Crippen LogP contribution in [0.2, 0.25) is 0 Å². The molecule has 3 aromatic carbocycles. The number of benzene rings is 3. The fourth-order valence-electron chi connectivity index (χ4n) is 3.63. The van der Waals surface area contributed by atoms with Crippen LogP contribution in [0.25, 0.3) is 10.8 Å². The van der Waals surface area contributed by atoms with Crippen LogP contribution in [-0.2, 0) is 5.41 Å². The summed E-state index contributed by atoms with van der Waals surface area (Å²) in [6, 6.07) is 17.8. The first-order chi connectivity index (χ1) is 11.3. The van der Waals surface area contributed by atoms with Gasteiger partial charge < -0.3 is 0 Å². The summed E-state index contributed by atoms with van der Waals surface area (Å²) in [4.78, 5) is 4.99. The highest BCUT2D eigenvalue weighted by atomic mass is 14.8. The Labute approximate surface area is 144 Å². The second-order valence-corrected chi connectivity index (χ2v) is 7.99. The normalized spacial score (nSPS) is 13.5. The minimum absolute atomic E-state index is 0.122. The molecule has 1 aliphatic rings. The number of aryl methyl sites for hydroxylation is 2. The van der Waals surface area contributed by atoms with Gasteiger partial charge in [0.2, 0.25) is 0 Å². The van der Waals surface area contributed by atoms with Crippen LogP contribution in [0.15, 0.2) is 53.5 Å². The van der Waals surface area contributed by atoms with Crippen LogP contribution in [0.3, 0.4) is 0 Å². The molecule has 0 unspecified atom stereocenters. The third kappa shape index (κ3) is 2.36. The highest BCUT2D eigenvalue weighted by Crippen LogP contribution is 2.40. The average Bonchev–Trinajstić information content (AvgIpc) is 2.86. The smallest absolute Gasteiger partial charge is 0.0789 e. The maximum Gasteiger partial charge on any atom is 0.0789 e. The lowest BCUT2D eigenvalue weighted by Crippen LogP contribution is -2.12. The molecule has 3 aromatic rings. The van der Waals surface area contributed by atoms with Gasteiger partial charge in [0.05, 0.1) is 11.4 Å². The number of rotatable bonds is 1. The lowest BCUT2D eigenvalue weighted by atomic mass is 9.83. The van der Waals surface area contributed by atoms with Crippen LogP contribution < -0.4 is 0 Å². The van der Waals surface area contributed by atoms with Crippen LogP contribution in [0.1, 0.15) is 48.6 Å². The molecule has 24 heavy (non-hydrogen) atoms. The standard InChI is InChI=1S/C23H23N/c1-14-9-15(2)11-17(10-14)22-19-13-18(23(3,4)5)12-16-7-6-8-20(24-22)21(16)19/h6-13H,1-5H3. The van der Waals surface area contributed by atoms with Gasteiger partial charge in [-0.2, -0.15) is 0 Å². The second-order valence-electron chi connectivity index (χ2n) is 7.99. The van der Waals surface area contributed by atoms with Crippen molar-refractivity contribution in [2.45, 2.75) is 40.0 Å². The third-order valence-corrected chi connectivity index (χ3v) is 4.80. The van der Waals surface area contributed by atoms with Crippen LogP contribution >= 0.6 is 0 Å². The largest absolute Gasteiger partial charge is 0.247 e. The van der Waals surface area contributed by atoms with E-state index < -0.39 is 0 Å². The minimum atomic E-state index is 0.122. The maximum atomic E-state index is 4.99. The zero-order chi connectivity index (χ0) is 17.1.